The highest BCUT2D eigenvalue weighted by molar-refractivity contribution is 7.67. The normalized spacial score (nSPS) is 15.6. The van der Waals surface area contributed by atoms with Gasteiger partial charge in [-0.15, -0.1) is 0 Å². The summed E-state index contributed by atoms with van der Waals surface area (Å²) in [6.45, 7) is 10.8. The van der Waals surface area contributed by atoms with Gasteiger partial charge in [0.1, 0.15) is 16.9 Å². The van der Waals surface area contributed by atoms with Gasteiger partial charge in [-0.05, 0) is 47.5 Å². The zero-order chi connectivity index (χ0) is 29.2. The van der Waals surface area contributed by atoms with Crippen LogP contribution in [0, 0.1) is 0 Å². The molecule has 40 heavy (non-hydrogen) atoms. The van der Waals surface area contributed by atoms with Gasteiger partial charge in [0.25, 0.3) is 5.56 Å². The molecule has 0 bridgehead atoms. The number of fused-ring (bicyclic) bond motifs is 1. The Bertz CT molecular complexity index is 1620. The molecule has 12 heteroatoms. The zero-order valence-electron chi connectivity index (χ0n) is 23.8. The molecule has 1 aromatic carbocycles. The number of aryl methyl sites for hydroxylation is 1. The lowest BCUT2D eigenvalue weighted by Gasteiger charge is -2.34. The number of anilines is 1. The van der Waals surface area contributed by atoms with E-state index in [9.17, 15) is 18.6 Å². The van der Waals surface area contributed by atoms with E-state index in [1.807, 2.05) is 45.6 Å². The van der Waals surface area contributed by atoms with E-state index >= 15 is 0 Å². The van der Waals surface area contributed by atoms with Crippen molar-refractivity contribution in [1.29, 1.82) is 0 Å². The summed E-state index contributed by atoms with van der Waals surface area (Å²) in [6.07, 6.45) is 3.05. The average molecular weight is 569 g/mol. The minimum Gasteiger partial charge on any atom is -0.444 e. The van der Waals surface area contributed by atoms with E-state index in [4.69, 9.17) is 9.72 Å². The predicted molar refractivity (Wildman–Crippen MR) is 157 cm³/mol. The van der Waals surface area contributed by atoms with Crippen LogP contribution >= 0.6 is 0 Å². The molecule has 1 aliphatic heterocycles. The fourth-order valence-electron chi connectivity index (χ4n) is 4.72. The van der Waals surface area contributed by atoms with Crippen molar-refractivity contribution in [3.63, 3.8) is 0 Å². The number of aromatic nitrogens is 4. The Kier molecular flexibility index (Phi) is 8.48. The van der Waals surface area contributed by atoms with Crippen molar-refractivity contribution in [2.75, 3.05) is 18.0 Å². The van der Waals surface area contributed by atoms with Crippen LogP contribution in [0.3, 0.4) is 0 Å². The molecule has 3 aromatic rings. The van der Waals surface area contributed by atoms with Crippen molar-refractivity contribution in [1.82, 2.24) is 24.0 Å². The van der Waals surface area contributed by atoms with Gasteiger partial charge in [0, 0.05) is 38.3 Å². The Morgan fingerprint density at radius 2 is 1.90 bits per heavy atom. The molecule has 214 valence electrons. The summed E-state index contributed by atoms with van der Waals surface area (Å²) in [7, 11) is 1.55. The number of nitrogens with zero attached hydrogens (tertiary/aromatic N) is 5. The smallest absolute Gasteiger partial charge is 0.407 e. The molecular weight excluding hydrogens is 532 g/mol. The average Bonchev–Trinajstić information content (AvgIpc) is 3.28. The maximum Gasteiger partial charge on any atom is 0.407 e. The van der Waals surface area contributed by atoms with E-state index in [2.05, 4.69) is 5.32 Å². The first-order chi connectivity index (χ1) is 18.9. The van der Waals surface area contributed by atoms with E-state index in [0.717, 1.165) is 23.0 Å². The van der Waals surface area contributed by atoms with Gasteiger partial charge in [-0.2, -0.15) is 4.98 Å². The molecule has 1 N–H and O–H groups in total. The molecule has 1 saturated heterocycles. The summed E-state index contributed by atoms with van der Waals surface area (Å²) in [6, 6.07) is 8.48. The summed E-state index contributed by atoms with van der Waals surface area (Å²) < 4.78 is 21.7. The largest absolute Gasteiger partial charge is 0.444 e. The second-order valence-electron chi connectivity index (χ2n) is 11.1. The quantitative estimate of drug-likeness (QED) is 0.371. The van der Waals surface area contributed by atoms with E-state index in [1.54, 1.807) is 41.9 Å². The van der Waals surface area contributed by atoms with Crippen LogP contribution in [-0.4, -0.2) is 58.7 Å². The van der Waals surface area contributed by atoms with Gasteiger partial charge < -0.3 is 19.5 Å². The topological polar surface area (TPSA) is 120 Å². The van der Waals surface area contributed by atoms with E-state index in [0.29, 0.717) is 31.1 Å². The summed E-state index contributed by atoms with van der Waals surface area (Å²) in [4.78, 5) is 46.7. The van der Waals surface area contributed by atoms with Crippen molar-refractivity contribution < 1.29 is 13.7 Å². The number of ether oxygens (including phenoxy) is 1. The highest BCUT2D eigenvalue weighted by Gasteiger charge is 2.29. The Balaban J connectivity index is 1.84. The van der Waals surface area contributed by atoms with Gasteiger partial charge in [-0.3, -0.25) is 9.36 Å². The van der Waals surface area contributed by atoms with Gasteiger partial charge in [-0.1, -0.05) is 42.0 Å². The second-order valence-corrected chi connectivity index (χ2v) is 11.7. The third-order valence-electron chi connectivity index (χ3n) is 6.54. The number of amides is 1. The molecule has 1 unspecified atom stereocenters. The summed E-state index contributed by atoms with van der Waals surface area (Å²) in [5.74, 6) is 0.518. The van der Waals surface area contributed by atoms with Crippen molar-refractivity contribution in [3.05, 3.63) is 68.4 Å². The number of benzene rings is 1. The highest BCUT2D eigenvalue weighted by Crippen LogP contribution is 2.24. The summed E-state index contributed by atoms with van der Waals surface area (Å²) >= 11 is 0.103. The maximum absolute atomic E-state index is 14.0. The Morgan fingerprint density at radius 1 is 1.20 bits per heavy atom. The van der Waals surface area contributed by atoms with Crippen LogP contribution in [0.2, 0.25) is 0 Å². The first-order valence-corrected chi connectivity index (χ1v) is 14.0. The van der Waals surface area contributed by atoms with Crippen molar-refractivity contribution in [2.24, 2.45) is 7.05 Å². The first-order valence-electron chi connectivity index (χ1n) is 13.2. The molecule has 1 fully saturated rings. The predicted octanol–water partition coefficient (Wildman–Crippen LogP) is 2.60. The third kappa shape index (κ3) is 6.11. The van der Waals surface area contributed by atoms with Crippen LogP contribution in [0.4, 0.5) is 10.7 Å². The first kappa shape index (κ1) is 29.1. The second kappa shape index (κ2) is 11.7. The van der Waals surface area contributed by atoms with Crippen LogP contribution < -0.4 is 21.5 Å². The number of allylic oxidation sites excluding steroid dienone is 2. The fraction of sp³-hybridized carbons (Fsp3) is 0.464. The number of carbonyl (C=O) groups is 1. The van der Waals surface area contributed by atoms with Crippen LogP contribution in [0.25, 0.3) is 11.2 Å². The van der Waals surface area contributed by atoms with E-state index in [-0.39, 0.29) is 33.4 Å². The van der Waals surface area contributed by atoms with Gasteiger partial charge in [0.05, 0.1) is 0 Å². The minimum atomic E-state index is -0.652. The van der Waals surface area contributed by atoms with Gasteiger partial charge in [-0.25, -0.2) is 18.4 Å². The molecule has 0 aliphatic carbocycles. The number of alkyl carbamates (subject to hydrolysis) is 1. The molecule has 1 aliphatic rings. The Morgan fingerprint density at radius 3 is 2.52 bits per heavy atom. The van der Waals surface area contributed by atoms with E-state index < -0.39 is 22.9 Å². The fourth-order valence-corrected chi connectivity index (χ4v) is 5.19. The van der Waals surface area contributed by atoms with Gasteiger partial charge in [0.15, 0.2) is 16.2 Å². The molecule has 2 aromatic heterocycles. The minimum absolute atomic E-state index is 0.00390. The highest BCUT2D eigenvalue weighted by atomic mass is 32.1. The molecule has 1 atom stereocenters. The Labute approximate surface area is 236 Å². The van der Waals surface area contributed by atoms with Crippen molar-refractivity contribution >= 4 is 39.4 Å². The number of hydrogen-bond donors (Lipinski definition) is 1. The van der Waals surface area contributed by atoms with Gasteiger partial charge in [0.2, 0.25) is 5.95 Å². The van der Waals surface area contributed by atoms with Crippen LogP contribution in [0.1, 0.15) is 53.0 Å². The number of nitrogens with one attached hydrogen (secondary N) is 1. The SMILES string of the molecule is CC(C)=CCn1c(N2CCCC(NC(=O)OC(C)(C)C)C2)nc2c1c(=O)n(C(=S=O)c1ccccc1)c(=O)n2C. The number of imidazole rings is 1. The van der Waals surface area contributed by atoms with Crippen molar-refractivity contribution in [2.45, 2.75) is 65.6 Å². The lowest BCUT2D eigenvalue weighted by Crippen LogP contribution is -2.49. The summed E-state index contributed by atoms with van der Waals surface area (Å²) in [5.41, 5.74) is 0.104. The lowest BCUT2D eigenvalue weighted by atomic mass is 10.1. The molecule has 3 heterocycles. The third-order valence-corrected chi connectivity index (χ3v) is 7.12. The maximum atomic E-state index is 14.0. The van der Waals surface area contributed by atoms with E-state index in [1.165, 1.54) is 4.57 Å². The van der Waals surface area contributed by atoms with Gasteiger partial charge >= 0.3 is 11.8 Å². The number of hydrogen-bond acceptors (Lipinski definition) is 7. The number of piperidine rings is 1. The molecule has 0 radical (unpaired) electrons. The summed E-state index contributed by atoms with van der Waals surface area (Å²) in [5, 5.41) is 2.95. The molecule has 1 amide bonds. The van der Waals surface area contributed by atoms with Crippen molar-refractivity contribution in [3.8, 4) is 0 Å². The zero-order valence-corrected chi connectivity index (χ0v) is 24.6. The van der Waals surface area contributed by atoms with Crippen LogP contribution in [0.5, 0.6) is 0 Å². The molecule has 0 saturated carbocycles. The monoisotopic (exact) mass is 568 g/mol. The molecule has 4 rings (SSSR count). The Hall–Kier alpha value is -3.93. The van der Waals surface area contributed by atoms with Crippen LogP contribution in [0.15, 0.2) is 51.6 Å². The molecule has 11 nitrogen and oxygen atoms in total. The molecule has 0 spiro atoms. The molecular formula is C28H36N6O5S. The number of carbonyl (C=O) groups excluding carboxylic acids is 1. The standard InChI is InChI=1S/C28H36N6O5S/c1-18(2)14-16-33-21-22(30-25(33)32-15-10-13-20(17-32)29-26(36)39-28(3,4)5)31(6)27(37)34(23(21)35)24(40-38)19-11-8-7-9-12-19/h7-9,11-12,14,20H,10,13,15-17H2,1-6H3,(H,29,36). The van der Waals surface area contributed by atoms with Crippen LogP contribution in [-0.2, 0) is 29.6 Å². The lowest BCUT2D eigenvalue weighted by molar-refractivity contribution is 0.0499. The number of rotatable bonds is 5.